The first-order valence-electron chi connectivity index (χ1n) is 9.71. The van der Waals surface area contributed by atoms with Crippen LogP contribution in [0.4, 0.5) is 0 Å². The van der Waals surface area contributed by atoms with Crippen LogP contribution in [-0.2, 0) is 4.65 Å². The molecule has 1 unspecified atom stereocenters. The van der Waals surface area contributed by atoms with E-state index in [-0.39, 0.29) is 5.92 Å². The third-order valence-corrected chi connectivity index (χ3v) is 4.17. The predicted molar refractivity (Wildman–Crippen MR) is 113 cm³/mol. The molecule has 1 atom stereocenters. The van der Waals surface area contributed by atoms with E-state index in [2.05, 4.69) is 18.0 Å². The molecule has 2 heterocycles. The molecule has 0 aliphatic carbocycles. The molecule has 1 fully saturated rings. The summed E-state index contributed by atoms with van der Waals surface area (Å²) >= 11 is 0. The average molecular weight is 389 g/mol. The van der Waals surface area contributed by atoms with Crippen LogP contribution in [0.5, 0.6) is 11.5 Å². The van der Waals surface area contributed by atoms with E-state index in [9.17, 15) is 5.02 Å². The van der Waals surface area contributed by atoms with Gasteiger partial charge in [0.15, 0.2) is 11.5 Å². The molecule has 0 saturated carbocycles. The number of hydrogen-bond donors (Lipinski definition) is 2. The normalized spacial score (nSPS) is 15.1. The second-order valence-electron chi connectivity index (χ2n) is 5.94. The summed E-state index contributed by atoms with van der Waals surface area (Å²) in [5.74, 6) is 1.65. The summed E-state index contributed by atoms with van der Waals surface area (Å²) in [6.45, 7) is 7.25. The van der Waals surface area contributed by atoms with Crippen LogP contribution in [0.1, 0.15) is 38.7 Å². The Balaban J connectivity index is 0.000000921. The van der Waals surface area contributed by atoms with Gasteiger partial charge in [0.1, 0.15) is 0 Å². The van der Waals surface area contributed by atoms with Crippen molar-refractivity contribution < 1.29 is 24.3 Å². The van der Waals surface area contributed by atoms with E-state index in [4.69, 9.17) is 19.2 Å². The van der Waals surface area contributed by atoms with Gasteiger partial charge in [0, 0.05) is 37.6 Å². The molecule has 6 nitrogen and oxygen atoms in total. The third kappa shape index (κ3) is 6.51. The average Bonchev–Trinajstić information content (AvgIpc) is 3.21. The van der Waals surface area contributed by atoms with Crippen molar-refractivity contribution in [1.29, 1.82) is 0 Å². The molecular formula is C21H32BNO5. The fourth-order valence-electron chi connectivity index (χ4n) is 2.86. The van der Waals surface area contributed by atoms with Crippen LogP contribution in [0.3, 0.4) is 0 Å². The van der Waals surface area contributed by atoms with Crippen LogP contribution in [0, 0.1) is 0 Å². The van der Waals surface area contributed by atoms with Crippen LogP contribution >= 0.6 is 0 Å². The highest BCUT2D eigenvalue weighted by atomic mass is 16.5. The number of methoxy groups -OCH3 is 1. The van der Waals surface area contributed by atoms with Gasteiger partial charge in [-0.25, -0.2) is 0 Å². The van der Waals surface area contributed by atoms with Gasteiger partial charge in [0.05, 0.1) is 13.7 Å². The van der Waals surface area contributed by atoms with Crippen molar-refractivity contribution in [3.63, 3.8) is 0 Å². The summed E-state index contributed by atoms with van der Waals surface area (Å²) < 4.78 is 16.4. The third-order valence-electron chi connectivity index (χ3n) is 4.17. The van der Waals surface area contributed by atoms with Crippen LogP contribution in [-0.4, -0.2) is 49.7 Å². The van der Waals surface area contributed by atoms with E-state index in [1.807, 2.05) is 44.4 Å². The lowest BCUT2D eigenvalue weighted by atomic mass is 9.80. The molecule has 28 heavy (non-hydrogen) atoms. The van der Waals surface area contributed by atoms with Gasteiger partial charge >= 0.3 is 7.12 Å². The van der Waals surface area contributed by atoms with E-state index in [1.165, 1.54) is 0 Å². The van der Waals surface area contributed by atoms with Gasteiger partial charge in [-0.3, -0.25) is 4.98 Å². The highest BCUT2D eigenvalue weighted by Gasteiger charge is 2.30. The van der Waals surface area contributed by atoms with Gasteiger partial charge in [0.25, 0.3) is 0 Å². The number of rotatable bonds is 6. The molecule has 1 aliphatic heterocycles. The number of nitrogens with zero attached hydrogens (tertiary/aromatic N) is 1. The van der Waals surface area contributed by atoms with Crippen molar-refractivity contribution in [2.24, 2.45) is 0 Å². The van der Waals surface area contributed by atoms with Gasteiger partial charge in [-0.15, -0.1) is 0 Å². The van der Waals surface area contributed by atoms with Crippen molar-refractivity contribution >= 4 is 7.12 Å². The minimum Gasteiger partial charge on any atom is -0.493 e. The van der Waals surface area contributed by atoms with Crippen molar-refractivity contribution in [2.45, 2.75) is 39.4 Å². The fourth-order valence-corrected chi connectivity index (χ4v) is 2.86. The summed E-state index contributed by atoms with van der Waals surface area (Å²) in [5.41, 5.74) is 3.12. The Bertz CT molecular complexity index is 698. The summed E-state index contributed by atoms with van der Waals surface area (Å²) in [7, 11) is 1.97. The van der Waals surface area contributed by atoms with Gasteiger partial charge in [0.2, 0.25) is 0 Å². The topological polar surface area (TPSA) is 81.0 Å². The zero-order valence-corrected chi connectivity index (χ0v) is 17.5. The molecule has 7 heteroatoms. The summed E-state index contributed by atoms with van der Waals surface area (Å²) in [5, 5.41) is 16.6. The molecule has 2 N–H and O–H groups in total. The van der Waals surface area contributed by atoms with Crippen LogP contribution in [0.2, 0.25) is 6.32 Å². The Kier molecular flexibility index (Phi) is 11.3. The fraction of sp³-hybridized carbons (Fsp3) is 0.476. The Morgan fingerprint density at radius 3 is 2.50 bits per heavy atom. The van der Waals surface area contributed by atoms with Crippen molar-refractivity contribution in [2.75, 3.05) is 27.4 Å². The Morgan fingerprint density at radius 1 is 1.14 bits per heavy atom. The molecule has 0 bridgehead atoms. The molecule has 1 saturated heterocycles. The number of aromatic nitrogens is 1. The number of hydrogen-bond acceptors (Lipinski definition) is 6. The van der Waals surface area contributed by atoms with Crippen LogP contribution in [0.25, 0.3) is 11.1 Å². The first-order valence-corrected chi connectivity index (χ1v) is 9.71. The molecule has 0 radical (unpaired) electrons. The van der Waals surface area contributed by atoms with Gasteiger partial charge in [-0.2, -0.15) is 0 Å². The molecule has 3 rings (SSSR count). The Hall–Kier alpha value is -2.09. The summed E-state index contributed by atoms with van der Waals surface area (Å²) in [4.78, 5) is 4.36. The van der Waals surface area contributed by atoms with Gasteiger partial charge < -0.3 is 24.3 Å². The van der Waals surface area contributed by atoms with Gasteiger partial charge in [-0.1, -0.05) is 26.8 Å². The standard InChI is InChI=1S/C18H22BNO4.C2H6.CH4O/c1-3-6-23-18-8-13(4-5-17(18)22-2)14-7-15(11-20-10-14)16-9-19(21)24-12-16;2*1-2/h4-5,7-8,10-11,16,21H,3,6,9,12H2,1-2H3;1-2H3;2H,1H3. The SMILES string of the molecule is CC.CCCOc1cc(-c2cncc(C3COB(O)C3)c2)ccc1OC.CO. The lowest BCUT2D eigenvalue weighted by Crippen LogP contribution is -2.07. The maximum atomic E-state index is 9.55. The largest absolute Gasteiger partial charge is 0.493 e. The van der Waals surface area contributed by atoms with E-state index < -0.39 is 7.12 Å². The van der Waals surface area contributed by atoms with Crippen molar-refractivity contribution in [1.82, 2.24) is 4.98 Å². The minimum atomic E-state index is -0.673. The molecule has 0 spiro atoms. The summed E-state index contributed by atoms with van der Waals surface area (Å²) in [6, 6.07) is 7.99. The van der Waals surface area contributed by atoms with Gasteiger partial charge in [-0.05, 0) is 42.1 Å². The zero-order chi connectivity index (χ0) is 20.9. The number of aliphatic hydroxyl groups is 1. The zero-order valence-electron chi connectivity index (χ0n) is 17.5. The number of ether oxygens (including phenoxy) is 2. The molecule has 1 aromatic heterocycles. The number of aliphatic hydroxyl groups excluding tert-OH is 1. The molecule has 1 aliphatic rings. The second-order valence-corrected chi connectivity index (χ2v) is 5.94. The summed E-state index contributed by atoms with van der Waals surface area (Å²) in [6.07, 6.45) is 5.22. The number of benzene rings is 1. The maximum Gasteiger partial charge on any atom is 0.454 e. The van der Waals surface area contributed by atoms with Crippen molar-refractivity contribution in [3.05, 3.63) is 42.2 Å². The smallest absolute Gasteiger partial charge is 0.454 e. The molecular weight excluding hydrogens is 357 g/mol. The highest BCUT2D eigenvalue weighted by molar-refractivity contribution is 6.43. The highest BCUT2D eigenvalue weighted by Crippen LogP contribution is 2.34. The van der Waals surface area contributed by atoms with E-state index in [0.717, 1.165) is 41.7 Å². The predicted octanol–water partition coefficient (Wildman–Crippen LogP) is 3.78. The van der Waals surface area contributed by atoms with Crippen LogP contribution in [0.15, 0.2) is 36.7 Å². The lowest BCUT2D eigenvalue weighted by molar-refractivity contribution is 0.292. The number of pyridine rings is 1. The molecule has 154 valence electrons. The molecule has 1 aromatic carbocycles. The maximum absolute atomic E-state index is 9.55. The van der Waals surface area contributed by atoms with E-state index in [1.54, 1.807) is 7.11 Å². The minimum absolute atomic E-state index is 0.182. The molecule has 2 aromatic rings. The van der Waals surface area contributed by atoms with E-state index in [0.29, 0.717) is 19.5 Å². The Labute approximate surface area is 168 Å². The Morgan fingerprint density at radius 2 is 1.89 bits per heavy atom. The van der Waals surface area contributed by atoms with Crippen molar-refractivity contribution in [3.8, 4) is 22.6 Å². The first-order chi connectivity index (χ1) is 13.7. The monoisotopic (exact) mass is 389 g/mol. The van der Waals surface area contributed by atoms with E-state index >= 15 is 0 Å². The quantitative estimate of drug-likeness (QED) is 0.732. The van der Waals surface area contributed by atoms with Crippen LogP contribution < -0.4 is 9.47 Å². The first kappa shape index (κ1) is 24.0. The second kappa shape index (κ2) is 13.2. The molecule has 0 amide bonds. The lowest BCUT2D eigenvalue weighted by Gasteiger charge is -2.13.